The van der Waals surface area contributed by atoms with Crippen molar-refractivity contribution >= 4 is 22.7 Å². The summed E-state index contributed by atoms with van der Waals surface area (Å²) in [5.74, 6) is 1.96. The molecular weight excluding hydrogens is 262 g/mol. The highest BCUT2D eigenvalue weighted by molar-refractivity contribution is 5.80. The summed E-state index contributed by atoms with van der Waals surface area (Å²) in [6.45, 7) is 5.22. The molecular formula is C16H21N5. The fraction of sp³-hybridized carbons (Fsp3) is 0.500. The van der Waals surface area contributed by atoms with Crippen molar-refractivity contribution in [2.75, 3.05) is 29.9 Å². The first-order valence-electron chi connectivity index (χ1n) is 7.82. The molecule has 1 aromatic carbocycles. The summed E-state index contributed by atoms with van der Waals surface area (Å²) in [6, 6.07) is 9.14. The van der Waals surface area contributed by atoms with Gasteiger partial charge in [-0.05, 0) is 31.9 Å². The number of rotatable bonds is 3. The van der Waals surface area contributed by atoms with Crippen LogP contribution in [0.25, 0.3) is 11.0 Å². The SMILES string of the molecule is CC1CNCCN1c1nc2ccccc2nc1NC1CC1. The number of piperazine rings is 1. The smallest absolute Gasteiger partial charge is 0.172 e. The van der Waals surface area contributed by atoms with Crippen LogP contribution in [0.3, 0.4) is 0 Å². The van der Waals surface area contributed by atoms with Gasteiger partial charge >= 0.3 is 0 Å². The Balaban J connectivity index is 1.79. The van der Waals surface area contributed by atoms with E-state index in [4.69, 9.17) is 9.97 Å². The molecule has 1 saturated heterocycles. The van der Waals surface area contributed by atoms with Crippen molar-refractivity contribution in [3.8, 4) is 0 Å². The third-order valence-electron chi connectivity index (χ3n) is 4.24. The lowest BCUT2D eigenvalue weighted by Gasteiger charge is -2.35. The van der Waals surface area contributed by atoms with Crippen LogP contribution in [-0.2, 0) is 0 Å². The standard InChI is InChI=1S/C16H21N5/c1-11-10-17-8-9-21(11)16-15(18-12-6-7-12)19-13-4-2-3-5-14(13)20-16/h2-5,11-12,17H,6-10H2,1H3,(H,18,19). The van der Waals surface area contributed by atoms with E-state index in [0.29, 0.717) is 12.1 Å². The molecule has 0 spiro atoms. The van der Waals surface area contributed by atoms with Crippen molar-refractivity contribution in [1.82, 2.24) is 15.3 Å². The molecule has 2 N–H and O–H groups in total. The Hall–Kier alpha value is -1.88. The predicted octanol–water partition coefficient (Wildman–Crippen LogP) is 2.00. The zero-order valence-electron chi connectivity index (χ0n) is 12.3. The average Bonchev–Trinajstić information content (AvgIpc) is 3.31. The van der Waals surface area contributed by atoms with Gasteiger partial charge in [0.15, 0.2) is 11.6 Å². The molecule has 110 valence electrons. The Kier molecular flexibility index (Phi) is 3.15. The fourth-order valence-electron chi connectivity index (χ4n) is 2.86. The van der Waals surface area contributed by atoms with E-state index in [2.05, 4.69) is 22.5 Å². The molecule has 5 nitrogen and oxygen atoms in total. The molecule has 0 radical (unpaired) electrons. The molecule has 1 aliphatic carbocycles. The largest absolute Gasteiger partial charge is 0.364 e. The minimum Gasteiger partial charge on any atom is -0.364 e. The molecule has 5 heteroatoms. The van der Waals surface area contributed by atoms with Crippen molar-refractivity contribution in [3.63, 3.8) is 0 Å². The number of aromatic nitrogens is 2. The molecule has 1 aromatic heterocycles. The average molecular weight is 283 g/mol. The summed E-state index contributed by atoms with van der Waals surface area (Å²) in [7, 11) is 0. The lowest BCUT2D eigenvalue weighted by molar-refractivity contribution is 0.497. The van der Waals surface area contributed by atoms with E-state index < -0.39 is 0 Å². The maximum Gasteiger partial charge on any atom is 0.172 e. The van der Waals surface area contributed by atoms with Gasteiger partial charge in [0.1, 0.15) is 0 Å². The Bertz CT molecular complexity index is 652. The van der Waals surface area contributed by atoms with Gasteiger partial charge in [0, 0.05) is 31.7 Å². The molecule has 1 aliphatic heterocycles. The second-order valence-electron chi connectivity index (χ2n) is 6.05. The summed E-state index contributed by atoms with van der Waals surface area (Å²) in [5.41, 5.74) is 1.94. The van der Waals surface area contributed by atoms with E-state index in [1.54, 1.807) is 0 Å². The minimum absolute atomic E-state index is 0.439. The van der Waals surface area contributed by atoms with Crippen molar-refractivity contribution in [1.29, 1.82) is 0 Å². The van der Waals surface area contributed by atoms with E-state index in [1.165, 1.54) is 12.8 Å². The highest BCUT2D eigenvalue weighted by atomic mass is 15.3. The first-order chi connectivity index (χ1) is 10.3. The second kappa shape index (κ2) is 5.15. The van der Waals surface area contributed by atoms with Crippen LogP contribution in [0.2, 0.25) is 0 Å². The van der Waals surface area contributed by atoms with Crippen molar-refractivity contribution in [3.05, 3.63) is 24.3 Å². The number of nitrogens with one attached hydrogen (secondary N) is 2. The van der Waals surface area contributed by atoms with Crippen LogP contribution in [0.4, 0.5) is 11.6 Å². The molecule has 2 fully saturated rings. The highest BCUT2D eigenvalue weighted by Crippen LogP contribution is 2.31. The van der Waals surface area contributed by atoms with Gasteiger partial charge in [-0.25, -0.2) is 9.97 Å². The number of benzene rings is 1. The van der Waals surface area contributed by atoms with E-state index in [1.807, 2.05) is 24.3 Å². The molecule has 2 aliphatic rings. The van der Waals surface area contributed by atoms with Gasteiger partial charge in [0.2, 0.25) is 0 Å². The Morgan fingerprint density at radius 1 is 1.19 bits per heavy atom. The summed E-state index contributed by atoms with van der Waals surface area (Å²) in [4.78, 5) is 12.1. The van der Waals surface area contributed by atoms with Gasteiger partial charge in [-0.2, -0.15) is 0 Å². The topological polar surface area (TPSA) is 53.1 Å². The van der Waals surface area contributed by atoms with Crippen LogP contribution >= 0.6 is 0 Å². The van der Waals surface area contributed by atoms with Gasteiger partial charge in [-0.3, -0.25) is 0 Å². The lowest BCUT2D eigenvalue weighted by atomic mass is 10.2. The monoisotopic (exact) mass is 283 g/mol. The minimum atomic E-state index is 0.439. The van der Waals surface area contributed by atoms with Crippen LogP contribution < -0.4 is 15.5 Å². The van der Waals surface area contributed by atoms with Gasteiger partial charge in [0.05, 0.1) is 11.0 Å². The summed E-state index contributed by atoms with van der Waals surface area (Å²) in [5, 5.41) is 6.99. The van der Waals surface area contributed by atoms with Gasteiger partial charge in [-0.1, -0.05) is 12.1 Å². The first kappa shape index (κ1) is 12.8. The predicted molar refractivity (Wildman–Crippen MR) is 85.9 cm³/mol. The maximum absolute atomic E-state index is 4.90. The van der Waals surface area contributed by atoms with Gasteiger partial charge in [-0.15, -0.1) is 0 Å². The molecule has 2 heterocycles. The summed E-state index contributed by atoms with van der Waals surface area (Å²) in [6.07, 6.45) is 2.48. The Morgan fingerprint density at radius 2 is 1.95 bits per heavy atom. The lowest BCUT2D eigenvalue weighted by Crippen LogP contribution is -2.50. The quantitative estimate of drug-likeness (QED) is 0.902. The Labute approximate surface area is 124 Å². The number of hydrogen-bond acceptors (Lipinski definition) is 5. The van der Waals surface area contributed by atoms with Crippen molar-refractivity contribution < 1.29 is 0 Å². The van der Waals surface area contributed by atoms with E-state index in [-0.39, 0.29) is 0 Å². The molecule has 1 atom stereocenters. The van der Waals surface area contributed by atoms with Gasteiger partial charge in [0.25, 0.3) is 0 Å². The number of nitrogens with zero attached hydrogens (tertiary/aromatic N) is 3. The van der Waals surface area contributed by atoms with Crippen molar-refractivity contribution in [2.24, 2.45) is 0 Å². The highest BCUT2D eigenvalue weighted by Gasteiger charge is 2.27. The number of hydrogen-bond donors (Lipinski definition) is 2. The first-order valence-corrected chi connectivity index (χ1v) is 7.82. The summed E-state index contributed by atoms with van der Waals surface area (Å²) < 4.78 is 0. The van der Waals surface area contributed by atoms with Gasteiger partial charge < -0.3 is 15.5 Å². The molecule has 0 amide bonds. The van der Waals surface area contributed by atoms with Crippen LogP contribution in [0.1, 0.15) is 19.8 Å². The summed E-state index contributed by atoms with van der Waals surface area (Å²) >= 11 is 0. The molecule has 0 bridgehead atoms. The Morgan fingerprint density at radius 3 is 2.67 bits per heavy atom. The number of para-hydroxylation sites is 2. The van der Waals surface area contributed by atoms with E-state index >= 15 is 0 Å². The molecule has 21 heavy (non-hydrogen) atoms. The molecule has 4 rings (SSSR count). The normalized spacial score (nSPS) is 22.5. The molecule has 1 unspecified atom stereocenters. The van der Waals surface area contributed by atoms with Crippen LogP contribution in [0.5, 0.6) is 0 Å². The molecule has 2 aromatic rings. The number of fused-ring (bicyclic) bond motifs is 1. The van der Waals surface area contributed by atoms with E-state index in [9.17, 15) is 0 Å². The fourth-order valence-corrected chi connectivity index (χ4v) is 2.86. The maximum atomic E-state index is 4.90. The number of anilines is 2. The second-order valence-corrected chi connectivity index (χ2v) is 6.05. The zero-order valence-corrected chi connectivity index (χ0v) is 12.3. The van der Waals surface area contributed by atoms with Crippen molar-refractivity contribution in [2.45, 2.75) is 31.8 Å². The molecule has 1 saturated carbocycles. The zero-order chi connectivity index (χ0) is 14.2. The van der Waals surface area contributed by atoms with Crippen LogP contribution in [0.15, 0.2) is 24.3 Å². The van der Waals surface area contributed by atoms with Crippen LogP contribution in [-0.4, -0.2) is 41.7 Å². The third kappa shape index (κ3) is 2.53. The third-order valence-corrected chi connectivity index (χ3v) is 4.24. The van der Waals surface area contributed by atoms with Crippen LogP contribution in [0, 0.1) is 0 Å². The van der Waals surface area contributed by atoms with E-state index in [0.717, 1.165) is 42.3 Å².